The van der Waals surface area contributed by atoms with E-state index in [4.69, 9.17) is 4.74 Å². The van der Waals surface area contributed by atoms with Crippen molar-refractivity contribution in [2.24, 2.45) is 0 Å². The molecule has 18 heavy (non-hydrogen) atoms. The number of ether oxygens (including phenoxy) is 1. The summed E-state index contributed by atoms with van der Waals surface area (Å²) in [6.45, 7) is 2.59. The lowest BCUT2D eigenvalue weighted by atomic mass is 10.2. The first-order valence-electron chi connectivity index (χ1n) is 5.57. The molecule has 1 atom stereocenters. The van der Waals surface area contributed by atoms with E-state index in [9.17, 15) is 17.6 Å². The van der Waals surface area contributed by atoms with Crippen LogP contribution in [-0.2, 0) is 4.74 Å². The number of halogens is 4. The largest absolute Gasteiger partial charge is 0.377 e. The Morgan fingerprint density at radius 2 is 1.78 bits per heavy atom. The van der Waals surface area contributed by atoms with Crippen molar-refractivity contribution in [2.75, 3.05) is 24.6 Å². The summed E-state index contributed by atoms with van der Waals surface area (Å²) in [5.74, 6) is -6.21. The van der Waals surface area contributed by atoms with Gasteiger partial charge in [0.1, 0.15) is 5.69 Å². The lowest BCUT2D eigenvalue weighted by Crippen LogP contribution is -2.32. The maximum absolute atomic E-state index is 13.6. The Labute approximate surface area is 101 Å². The van der Waals surface area contributed by atoms with Gasteiger partial charge in [0.25, 0.3) is 11.9 Å². The minimum absolute atomic E-state index is 0.163. The van der Waals surface area contributed by atoms with E-state index in [1.807, 2.05) is 0 Å². The van der Waals surface area contributed by atoms with Crippen molar-refractivity contribution >= 4 is 5.69 Å². The molecule has 1 saturated heterocycles. The van der Waals surface area contributed by atoms with Gasteiger partial charge in [0, 0.05) is 19.7 Å². The zero-order chi connectivity index (χ0) is 13.3. The van der Waals surface area contributed by atoms with Crippen LogP contribution in [0, 0.1) is 23.5 Å². The molecule has 2 heterocycles. The Morgan fingerprint density at radius 3 is 2.39 bits per heavy atom. The zero-order valence-electron chi connectivity index (χ0n) is 9.72. The van der Waals surface area contributed by atoms with E-state index in [1.165, 1.54) is 4.90 Å². The molecule has 3 nitrogen and oxygen atoms in total. The molecule has 1 fully saturated rings. The highest BCUT2D eigenvalue weighted by Gasteiger charge is 2.27. The van der Waals surface area contributed by atoms with E-state index in [0.717, 1.165) is 0 Å². The predicted molar refractivity (Wildman–Crippen MR) is 56.3 cm³/mol. The maximum Gasteiger partial charge on any atom is 0.253 e. The highest BCUT2D eigenvalue weighted by Crippen LogP contribution is 2.27. The maximum atomic E-state index is 13.6. The van der Waals surface area contributed by atoms with Crippen LogP contribution in [0.25, 0.3) is 0 Å². The van der Waals surface area contributed by atoms with Crippen molar-refractivity contribution < 1.29 is 22.3 Å². The predicted octanol–water partition coefficient (Wildman–Crippen LogP) is 2.25. The van der Waals surface area contributed by atoms with Gasteiger partial charge in [0.2, 0.25) is 11.6 Å². The van der Waals surface area contributed by atoms with Crippen molar-refractivity contribution in [1.82, 2.24) is 4.98 Å². The summed E-state index contributed by atoms with van der Waals surface area (Å²) < 4.78 is 58.5. The summed E-state index contributed by atoms with van der Waals surface area (Å²) in [6.07, 6.45) is 0.250. The van der Waals surface area contributed by atoms with Gasteiger partial charge >= 0.3 is 0 Å². The molecule has 1 aliphatic rings. The number of hydrogen-bond acceptors (Lipinski definition) is 3. The van der Waals surface area contributed by atoms with Crippen molar-refractivity contribution in [1.29, 1.82) is 0 Å². The SMILES string of the molecule is CC1CN(c2c(F)c(F)nc(F)c2F)CCCO1. The molecule has 1 aromatic rings. The molecule has 0 spiro atoms. The Bertz CT molecular complexity index is 429. The third-order valence-electron chi connectivity index (χ3n) is 2.74. The number of anilines is 1. The molecule has 0 amide bonds. The monoisotopic (exact) mass is 264 g/mol. The summed E-state index contributed by atoms with van der Waals surface area (Å²) in [5.41, 5.74) is -0.711. The standard InChI is InChI=1S/C11H12F4N2O/c1-6-5-17(3-2-4-18-6)9-7(12)10(14)16-11(15)8(9)13/h6H,2-5H2,1H3. The van der Waals surface area contributed by atoms with E-state index >= 15 is 0 Å². The second-order valence-electron chi connectivity index (χ2n) is 4.15. The molecule has 2 rings (SSSR count). The minimum Gasteiger partial charge on any atom is -0.377 e. The van der Waals surface area contributed by atoms with Crippen LogP contribution in [0.4, 0.5) is 23.2 Å². The summed E-state index contributed by atoms with van der Waals surface area (Å²) in [5, 5.41) is 0. The molecule has 0 saturated carbocycles. The fourth-order valence-electron chi connectivity index (χ4n) is 1.95. The lowest BCUT2D eigenvalue weighted by molar-refractivity contribution is 0.0820. The van der Waals surface area contributed by atoms with Crippen LogP contribution < -0.4 is 4.90 Å². The second-order valence-corrected chi connectivity index (χ2v) is 4.15. The van der Waals surface area contributed by atoms with Gasteiger partial charge in [-0.3, -0.25) is 0 Å². The minimum atomic E-state index is -1.64. The topological polar surface area (TPSA) is 25.4 Å². The molecule has 7 heteroatoms. The van der Waals surface area contributed by atoms with Crippen LogP contribution in [0.3, 0.4) is 0 Å². The molecule has 0 aliphatic carbocycles. The average Bonchev–Trinajstić information content (AvgIpc) is 2.52. The van der Waals surface area contributed by atoms with Crippen molar-refractivity contribution in [3.05, 3.63) is 23.5 Å². The first kappa shape index (κ1) is 13.1. The van der Waals surface area contributed by atoms with E-state index < -0.39 is 29.2 Å². The van der Waals surface area contributed by atoms with Crippen molar-refractivity contribution in [3.8, 4) is 0 Å². The van der Waals surface area contributed by atoms with Crippen LogP contribution in [0.15, 0.2) is 0 Å². The number of rotatable bonds is 1. The van der Waals surface area contributed by atoms with Gasteiger partial charge in [-0.05, 0) is 13.3 Å². The normalized spacial score (nSPS) is 20.9. The van der Waals surface area contributed by atoms with Gasteiger partial charge in [0.05, 0.1) is 6.10 Å². The van der Waals surface area contributed by atoms with Crippen LogP contribution in [0.2, 0.25) is 0 Å². The molecule has 0 bridgehead atoms. The van der Waals surface area contributed by atoms with Crippen LogP contribution in [0.5, 0.6) is 0 Å². The quantitative estimate of drug-likeness (QED) is 0.574. The number of pyridine rings is 1. The van der Waals surface area contributed by atoms with Gasteiger partial charge in [-0.1, -0.05) is 0 Å². The first-order chi connectivity index (χ1) is 8.50. The van der Waals surface area contributed by atoms with Crippen LogP contribution in [-0.4, -0.2) is 30.8 Å². The molecule has 0 radical (unpaired) electrons. The van der Waals surface area contributed by atoms with Gasteiger partial charge in [-0.15, -0.1) is 0 Å². The van der Waals surface area contributed by atoms with Crippen molar-refractivity contribution in [2.45, 2.75) is 19.4 Å². The van der Waals surface area contributed by atoms with Gasteiger partial charge in [0.15, 0.2) is 0 Å². The Hall–Kier alpha value is -1.37. The number of aromatic nitrogens is 1. The molecular weight excluding hydrogens is 252 g/mol. The smallest absolute Gasteiger partial charge is 0.253 e. The summed E-state index contributed by atoms with van der Waals surface area (Å²) in [4.78, 5) is 3.78. The fraction of sp³-hybridized carbons (Fsp3) is 0.545. The zero-order valence-corrected chi connectivity index (χ0v) is 9.72. The van der Waals surface area contributed by atoms with E-state index in [2.05, 4.69) is 4.98 Å². The summed E-state index contributed by atoms with van der Waals surface area (Å²) in [6, 6.07) is 0. The highest BCUT2D eigenvalue weighted by molar-refractivity contribution is 5.48. The van der Waals surface area contributed by atoms with Crippen LogP contribution >= 0.6 is 0 Å². The third kappa shape index (κ3) is 2.40. The van der Waals surface area contributed by atoms with E-state index in [-0.39, 0.29) is 19.2 Å². The third-order valence-corrected chi connectivity index (χ3v) is 2.74. The first-order valence-corrected chi connectivity index (χ1v) is 5.57. The van der Waals surface area contributed by atoms with Crippen molar-refractivity contribution in [3.63, 3.8) is 0 Å². The summed E-state index contributed by atoms with van der Waals surface area (Å²) >= 11 is 0. The Kier molecular flexibility index (Phi) is 3.70. The van der Waals surface area contributed by atoms with E-state index in [0.29, 0.717) is 13.0 Å². The lowest BCUT2D eigenvalue weighted by Gasteiger charge is -2.25. The number of nitrogens with zero attached hydrogens (tertiary/aromatic N) is 2. The molecular formula is C11H12F4N2O. The molecule has 0 aromatic carbocycles. The Balaban J connectivity index is 2.42. The van der Waals surface area contributed by atoms with Crippen LogP contribution in [0.1, 0.15) is 13.3 Å². The van der Waals surface area contributed by atoms with Gasteiger partial charge < -0.3 is 9.64 Å². The summed E-state index contributed by atoms with van der Waals surface area (Å²) in [7, 11) is 0. The second kappa shape index (κ2) is 5.09. The highest BCUT2D eigenvalue weighted by atomic mass is 19.2. The number of hydrogen-bond donors (Lipinski definition) is 0. The fourth-order valence-corrected chi connectivity index (χ4v) is 1.95. The van der Waals surface area contributed by atoms with Gasteiger partial charge in [-0.2, -0.15) is 22.5 Å². The van der Waals surface area contributed by atoms with E-state index in [1.54, 1.807) is 6.92 Å². The molecule has 1 unspecified atom stereocenters. The Morgan fingerprint density at radius 1 is 1.17 bits per heavy atom. The molecule has 1 aromatic heterocycles. The average molecular weight is 264 g/mol. The van der Waals surface area contributed by atoms with Gasteiger partial charge in [-0.25, -0.2) is 0 Å². The molecule has 1 aliphatic heterocycles. The molecule has 0 N–H and O–H groups in total. The molecule has 100 valence electrons.